The Labute approximate surface area is 74.6 Å². The van der Waals surface area contributed by atoms with E-state index in [-0.39, 0.29) is 12.6 Å². The van der Waals surface area contributed by atoms with Gasteiger partial charge in [-0.1, -0.05) is 0 Å². The van der Waals surface area contributed by atoms with Gasteiger partial charge < -0.3 is 25.8 Å². The molecule has 74 valence electrons. The number of aliphatic hydroxyl groups is 3. The van der Waals surface area contributed by atoms with Crippen LogP contribution in [0.4, 0.5) is 0 Å². The van der Waals surface area contributed by atoms with Crippen LogP contribution in [-0.4, -0.2) is 52.3 Å². The number of ether oxygens (including phenoxy) is 1. The van der Waals surface area contributed by atoms with Crippen LogP contribution in [0, 0.1) is 5.92 Å². The van der Waals surface area contributed by atoms with Gasteiger partial charge in [0.05, 0.1) is 18.6 Å². The van der Waals surface area contributed by atoms with Gasteiger partial charge in [0.25, 0.3) is 6.02 Å². The minimum absolute atomic E-state index is 0.0133. The molecule has 0 aromatic carbocycles. The lowest BCUT2D eigenvalue weighted by atomic mass is 10.1. The molecule has 1 aliphatic heterocycles. The van der Waals surface area contributed by atoms with Gasteiger partial charge in [-0.25, -0.2) is 4.99 Å². The number of aliphatic hydroxyl groups excluding tert-OH is 3. The minimum Gasteiger partial charge on any atom is -0.459 e. The highest BCUT2D eigenvalue weighted by Gasteiger charge is 2.53. The van der Waals surface area contributed by atoms with Crippen molar-refractivity contribution in [1.82, 2.24) is 0 Å². The maximum atomic E-state index is 9.48. The predicted molar refractivity (Wildman–Crippen MR) is 42.9 cm³/mol. The van der Waals surface area contributed by atoms with Gasteiger partial charge in [0, 0.05) is 0 Å². The first-order valence-corrected chi connectivity index (χ1v) is 4.12. The Hall–Kier alpha value is -0.850. The molecule has 1 heterocycles. The lowest BCUT2D eigenvalue weighted by Gasteiger charge is -2.17. The van der Waals surface area contributed by atoms with E-state index in [0.29, 0.717) is 0 Å². The van der Waals surface area contributed by atoms with Crippen LogP contribution in [0.2, 0.25) is 0 Å². The molecule has 0 spiro atoms. The molecule has 1 saturated carbocycles. The number of hydrogen-bond donors (Lipinski definition) is 4. The third-order valence-electron chi connectivity index (χ3n) is 2.64. The van der Waals surface area contributed by atoms with E-state index in [1.807, 2.05) is 0 Å². The van der Waals surface area contributed by atoms with Gasteiger partial charge in [-0.3, -0.25) is 0 Å². The van der Waals surface area contributed by atoms with Gasteiger partial charge in [0.15, 0.2) is 0 Å². The van der Waals surface area contributed by atoms with E-state index in [9.17, 15) is 10.2 Å². The van der Waals surface area contributed by atoms with E-state index < -0.39 is 30.3 Å². The van der Waals surface area contributed by atoms with Gasteiger partial charge in [0.2, 0.25) is 0 Å². The summed E-state index contributed by atoms with van der Waals surface area (Å²) in [7, 11) is 0. The molecule has 0 amide bonds. The lowest BCUT2D eigenvalue weighted by molar-refractivity contribution is -0.00682. The van der Waals surface area contributed by atoms with Crippen molar-refractivity contribution in [3.63, 3.8) is 0 Å². The van der Waals surface area contributed by atoms with E-state index in [4.69, 9.17) is 15.6 Å². The Balaban J connectivity index is 2.21. The molecule has 2 rings (SSSR count). The van der Waals surface area contributed by atoms with Crippen LogP contribution < -0.4 is 5.73 Å². The number of fused-ring (bicyclic) bond motifs is 1. The van der Waals surface area contributed by atoms with Crippen molar-refractivity contribution >= 4 is 6.02 Å². The van der Waals surface area contributed by atoms with Crippen molar-refractivity contribution in [2.45, 2.75) is 24.4 Å². The largest absolute Gasteiger partial charge is 0.459 e. The SMILES string of the molecule is NC1=NC2C(O)C(O)C(CO)C2O1. The van der Waals surface area contributed by atoms with E-state index in [2.05, 4.69) is 4.99 Å². The molecule has 13 heavy (non-hydrogen) atoms. The molecule has 5 N–H and O–H groups in total. The molecule has 5 unspecified atom stereocenters. The normalized spacial score (nSPS) is 48.5. The quantitative estimate of drug-likeness (QED) is 0.361. The van der Waals surface area contributed by atoms with E-state index >= 15 is 0 Å². The van der Waals surface area contributed by atoms with Crippen LogP contribution in [0.1, 0.15) is 0 Å². The molecule has 0 aromatic heterocycles. The summed E-state index contributed by atoms with van der Waals surface area (Å²) in [6, 6.07) is -0.522. The van der Waals surface area contributed by atoms with Crippen molar-refractivity contribution < 1.29 is 20.1 Å². The zero-order valence-electron chi connectivity index (χ0n) is 6.87. The Morgan fingerprint density at radius 1 is 1.38 bits per heavy atom. The van der Waals surface area contributed by atoms with E-state index in [0.717, 1.165) is 0 Å². The molecule has 6 nitrogen and oxygen atoms in total. The first-order chi connectivity index (χ1) is 6.15. The van der Waals surface area contributed by atoms with Crippen molar-refractivity contribution in [3.8, 4) is 0 Å². The van der Waals surface area contributed by atoms with Gasteiger partial charge in [-0.05, 0) is 0 Å². The lowest BCUT2D eigenvalue weighted by Crippen LogP contribution is -2.33. The Kier molecular flexibility index (Phi) is 1.90. The van der Waals surface area contributed by atoms with E-state index in [1.54, 1.807) is 0 Å². The smallest absolute Gasteiger partial charge is 0.282 e. The van der Waals surface area contributed by atoms with Crippen molar-refractivity contribution in [2.24, 2.45) is 16.6 Å². The van der Waals surface area contributed by atoms with Crippen LogP contribution in [0.5, 0.6) is 0 Å². The summed E-state index contributed by atoms with van der Waals surface area (Å²) in [6.45, 7) is -0.248. The van der Waals surface area contributed by atoms with Gasteiger partial charge in [-0.2, -0.15) is 0 Å². The number of rotatable bonds is 1. The van der Waals surface area contributed by atoms with Crippen LogP contribution in [0.25, 0.3) is 0 Å². The van der Waals surface area contributed by atoms with Crippen molar-refractivity contribution in [1.29, 1.82) is 0 Å². The molecule has 0 saturated heterocycles. The highest BCUT2D eigenvalue weighted by atomic mass is 16.5. The predicted octanol–water partition coefficient (Wildman–Crippen LogP) is -2.59. The first-order valence-electron chi connectivity index (χ1n) is 4.12. The highest BCUT2D eigenvalue weighted by Crippen LogP contribution is 2.34. The van der Waals surface area contributed by atoms with Gasteiger partial charge in [-0.15, -0.1) is 0 Å². The molecular weight excluding hydrogens is 176 g/mol. The molecule has 1 aliphatic carbocycles. The fraction of sp³-hybridized carbons (Fsp3) is 0.857. The average molecular weight is 188 g/mol. The second-order valence-electron chi connectivity index (χ2n) is 3.37. The summed E-state index contributed by atoms with van der Waals surface area (Å²) in [4.78, 5) is 3.83. The van der Waals surface area contributed by atoms with Gasteiger partial charge in [0.1, 0.15) is 18.2 Å². The molecule has 1 fully saturated rings. The minimum atomic E-state index is -0.997. The maximum absolute atomic E-state index is 9.48. The first kappa shape index (κ1) is 8.74. The Bertz CT molecular complexity index is 245. The number of hydrogen-bond acceptors (Lipinski definition) is 6. The van der Waals surface area contributed by atoms with Crippen LogP contribution >= 0.6 is 0 Å². The molecule has 0 bridgehead atoms. The molecule has 6 heteroatoms. The monoisotopic (exact) mass is 188 g/mol. The fourth-order valence-corrected chi connectivity index (χ4v) is 1.93. The standard InChI is InChI=1S/C7H12N2O4/c8-7-9-3-5(12)4(11)2(1-10)6(3)13-7/h2-6,10-12H,1H2,(H2,8,9). The van der Waals surface area contributed by atoms with Gasteiger partial charge >= 0.3 is 0 Å². The fourth-order valence-electron chi connectivity index (χ4n) is 1.93. The second-order valence-corrected chi connectivity index (χ2v) is 3.37. The summed E-state index contributed by atoms with van der Waals surface area (Å²) in [5, 5.41) is 27.9. The summed E-state index contributed by atoms with van der Waals surface area (Å²) in [5.74, 6) is -0.509. The topological polar surface area (TPSA) is 108 Å². The number of nitrogens with two attached hydrogens (primary N) is 1. The Morgan fingerprint density at radius 2 is 2.08 bits per heavy atom. The highest BCUT2D eigenvalue weighted by molar-refractivity contribution is 5.74. The molecular formula is C7H12N2O4. The third-order valence-corrected chi connectivity index (χ3v) is 2.64. The summed E-state index contributed by atoms with van der Waals surface area (Å²) < 4.78 is 5.08. The molecule has 0 aromatic rings. The van der Waals surface area contributed by atoms with E-state index in [1.165, 1.54) is 0 Å². The zero-order chi connectivity index (χ0) is 9.59. The van der Waals surface area contributed by atoms with Crippen LogP contribution in [0.3, 0.4) is 0 Å². The number of nitrogens with zero attached hydrogens (tertiary/aromatic N) is 1. The summed E-state index contributed by atoms with van der Waals surface area (Å²) >= 11 is 0. The summed E-state index contributed by atoms with van der Waals surface area (Å²) in [6.07, 6.45) is -2.48. The number of amidine groups is 1. The second kappa shape index (κ2) is 2.83. The average Bonchev–Trinajstić information content (AvgIpc) is 2.54. The summed E-state index contributed by atoms with van der Waals surface area (Å²) in [5.41, 5.74) is 5.30. The maximum Gasteiger partial charge on any atom is 0.282 e. The zero-order valence-corrected chi connectivity index (χ0v) is 6.87. The van der Waals surface area contributed by atoms with Crippen LogP contribution in [0.15, 0.2) is 4.99 Å². The number of aliphatic imine (C=N–C) groups is 1. The third kappa shape index (κ3) is 1.10. The van der Waals surface area contributed by atoms with Crippen molar-refractivity contribution in [3.05, 3.63) is 0 Å². The molecule has 0 radical (unpaired) electrons. The Morgan fingerprint density at radius 3 is 2.69 bits per heavy atom. The van der Waals surface area contributed by atoms with Crippen LogP contribution in [-0.2, 0) is 4.74 Å². The van der Waals surface area contributed by atoms with Crippen molar-refractivity contribution in [2.75, 3.05) is 6.61 Å². The molecule has 5 atom stereocenters. The molecule has 2 aliphatic rings.